The molecule has 24 heavy (non-hydrogen) atoms. The molecule has 3 aromatic rings. The molecule has 0 heterocycles. The first-order valence-corrected chi connectivity index (χ1v) is 7.50. The van der Waals surface area contributed by atoms with E-state index >= 15 is 0 Å². The lowest BCUT2D eigenvalue weighted by molar-refractivity contribution is 0.593. The summed E-state index contributed by atoms with van der Waals surface area (Å²) in [4.78, 5) is 0. The molecular weight excluding hydrogens is 288 g/mol. The Morgan fingerprint density at radius 2 is 1.17 bits per heavy atom. The summed E-state index contributed by atoms with van der Waals surface area (Å²) in [6.07, 6.45) is 0. The van der Waals surface area contributed by atoms with Crippen LogP contribution in [0.3, 0.4) is 0 Å². The fraction of sp³-hybridized carbons (Fsp3) is 0.250. The molecule has 0 saturated carbocycles. The summed E-state index contributed by atoms with van der Waals surface area (Å²) in [5.74, 6) is 0. The fourth-order valence-electron chi connectivity index (χ4n) is 2.47. The predicted octanol–water partition coefficient (Wildman–Crippen LogP) is 6.93. The van der Waals surface area contributed by atoms with Crippen LogP contribution in [0.2, 0.25) is 0 Å². The highest BCUT2D eigenvalue weighted by Crippen LogP contribution is 2.40. The minimum atomic E-state index is -2.96. The van der Waals surface area contributed by atoms with Crippen molar-refractivity contribution < 1.29 is 19.2 Å². The van der Waals surface area contributed by atoms with Crippen LogP contribution in [-0.4, -0.2) is 0 Å². The summed E-state index contributed by atoms with van der Waals surface area (Å²) in [6.45, 7) is 3.45. The lowest BCUT2D eigenvalue weighted by Gasteiger charge is -2.27. The number of rotatable bonds is 2. The van der Waals surface area contributed by atoms with Crippen molar-refractivity contribution in [2.24, 2.45) is 0 Å². The van der Waals surface area contributed by atoms with E-state index in [9.17, 15) is 0 Å². The lowest BCUT2D eigenvalue weighted by Crippen LogP contribution is -2.14. The number of benzene rings is 3. The molecule has 3 rings (SSSR count). The summed E-state index contributed by atoms with van der Waals surface area (Å²) in [5, 5.41) is 0. The van der Waals surface area contributed by atoms with Gasteiger partial charge in [0.05, 0.1) is 15.1 Å². The normalized spacial score (nSPS) is 20.3. The summed E-state index contributed by atoms with van der Waals surface area (Å²) < 4.78 is 117. The largest absolute Gasteiger partial charge is 0.0629 e. The highest BCUT2D eigenvalue weighted by molar-refractivity contribution is 5.80. The Bertz CT molecular complexity index is 1430. The van der Waals surface area contributed by atoms with E-state index in [0.29, 0.717) is 0 Å². The van der Waals surface area contributed by atoms with Gasteiger partial charge in [0.1, 0.15) is 0 Å². The predicted molar refractivity (Wildman–Crippen MR) is 105 cm³/mol. The topological polar surface area (TPSA) is 0 Å². The Hall–Kier alpha value is -2.34. The van der Waals surface area contributed by atoms with Crippen LogP contribution in [0.5, 0.6) is 0 Å². The van der Waals surface area contributed by atoms with Crippen LogP contribution in [0.4, 0.5) is 0 Å². The molecule has 0 aliphatic heterocycles. The minimum Gasteiger partial charge on any atom is -0.0610 e. The molecule has 0 saturated heterocycles. The van der Waals surface area contributed by atoms with Crippen LogP contribution < -0.4 is 0 Å². The van der Waals surface area contributed by atoms with Crippen molar-refractivity contribution >= 4 is 0 Å². The first-order valence-electron chi connectivity index (χ1n) is 14.5. The summed E-state index contributed by atoms with van der Waals surface area (Å²) in [7, 11) is 0. The van der Waals surface area contributed by atoms with Crippen molar-refractivity contribution in [2.75, 3.05) is 0 Å². The molecule has 0 aromatic heterocycles. The lowest BCUT2D eigenvalue weighted by atomic mass is 9.77. The molecule has 0 N–H and O–H groups in total. The number of hydrogen-bond donors (Lipinski definition) is 0. The third-order valence-electron chi connectivity index (χ3n) is 3.50. The van der Waals surface area contributed by atoms with Crippen LogP contribution >= 0.6 is 0 Å². The molecule has 0 unspecified atom stereocenters. The summed E-state index contributed by atoms with van der Waals surface area (Å²) >= 11 is 0. The van der Waals surface area contributed by atoms with Crippen molar-refractivity contribution in [3.63, 3.8) is 0 Å². The summed E-state index contributed by atoms with van der Waals surface area (Å²) in [5.41, 5.74) is -2.88. The SMILES string of the molecule is [2H]c1c([2H])c(-c2c([2H])c([2H])c(C)c([2H])c2[2H])c(C(C)(C)C)c(-c2c([2H])c([2H])c(C([2H])([2H])[2H])c([2H])c2[2H])c1[2H]. The van der Waals surface area contributed by atoms with Crippen LogP contribution in [0, 0.1) is 13.8 Å². The Labute approximate surface area is 165 Å². The van der Waals surface area contributed by atoms with Crippen LogP contribution in [0.15, 0.2) is 66.5 Å². The standard InChI is InChI=1S/C24H26/c1-17-9-13-19(14-10-17)21-7-6-8-22(23(21)24(3,4)5)20-15-11-18(2)12-16-20/h6-16H,1-5H3/i1D3,6D,7D,8D,9D,10D,11D,12D,13D,14D,15D,16D. The third-order valence-corrected chi connectivity index (χ3v) is 3.50. The quantitative estimate of drug-likeness (QED) is 0.478. The first kappa shape index (κ1) is 6.52. The van der Waals surface area contributed by atoms with Crippen LogP contribution in [0.1, 0.15) is 56.7 Å². The zero-order valence-electron chi connectivity index (χ0n) is 28.0. The molecular formula is C24H26. The Morgan fingerprint density at radius 1 is 0.708 bits per heavy atom. The van der Waals surface area contributed by atoms with E-state index in [4.69, 9.17) is 19.2 Å². The van der Waals surface area contributed by atoms with Gasteiger partial charge in [0.25, 0.3) is 0 Å². The maximum atomic E-state index is 8.71. The average Bonchev–Trinajstić information content (AvgIpc) is 2.79. The van der Waals surface area contributed by atoms with Crippen LogP contribution in [0.25, 0.3) is 22.3 Å². The van der Waals surface area contributed by atoms with Gasteiger partial charge >= 0.3 is 0 Å². The third kappa shape index (κ3) is 3.28. The van der Waals surface area contributed by atoms with Gasteiger partial charge in [-0.1, -0.05) is 98.4 Å². The Morgan fingerprint density at radius 3 is 1.58 bits per heavy atom. The van der Waals surface area contributed by atoms with Gasteiger partial charge in [0.15, 0.2) is 0 Å². The van der Waals surface area contributed by atoms with Crippen molar-refractivity contribution in [3.05, 3.63) is 83.2 Å². The zero-order chi connectivity index (χ0) is 29.4. The van der Waals surface area contributed by atoms with Crippen molar-refractivity contribution in [2.45, 2.75) is 40.0 Å². The first-order chi connectivity index (χ1) is 17.2. The van der Waals surface area contributed by atoms with Gasteiger partial charge in [-0.3, -0.25) is 0 Å². The Kier molecular flexibility index (Phi) is 1.71. The molecule has 0 spiro atoms. The number of hydrogen-bond acceptors (Lipinski definition) is 0. The molecule has 0 aliphatic carbocycles. The molecule has 0 bridgehead atoms. The van der Waals surface area contributed by atoms with Crippen molar-refractivity contribution in [3.8, 4) is 22.3 Å². The molecule has 0 atom stereocenters. The maximum Gasteiger partial charge on any atom is 0.0629 e. The summed E-state index contributed by atoms with van der Waals surface area (Å²) in [6, 6.07) is -6.64. The second kappa shape index (κ2) is 6.28. The molecule has 0 heteroatoms. The van der Waals surface area contributed by atoms with E-state index in [1.165, 1.54) is 6.92 Å². The molecule has 0 fully saturated rings. The van der Waals surface area contributed by atoms with Gasteiger partial charge in [-0.15, -0.1) is 0 Å². The van der Waals surface area contributed by atoms with E-state index in [1.54, 1.807) is 20.8 Å². The second-order valence-electron chi connectivity index (χ2n) is 6.50. The molecule has 3 aromatic carbocycles. The van der Waals surface area contributed by atoms with Gasteiger partial charge in [-0.25, -0.2) is 0 Å². The van der Waals surface area contributed by atoms with E-state index in [0.717, 1.165) is 0 Å². The average molecular weight is 329 g/mol. The second-order valence-corrected chi connectivity index (χ2v) is 6.50. The monoisotopic (exact) mass is 328 g/mol. The fourth-order valence-corrected chi connectivity index (χ4v) is 2.47. The zero-order valence-corrected chi connectivity index (χ0v) is 14.0. The van der Waals surface area contributed by atoms with Gasteiger partial charge < -0.3 is 0 Å². The van der Waals surface area contributed by atoms with E-state index < -0.39 is 77.8 Å². The maximum absolute atomic E-state index is 8.71. The molecule has 0 amide bonds. The minimum absolute atomic E-state index is 0.0515. The van der Waals surface area contributed by atoms with Gasteiger partial charge in [0, 0.05) is 4.11 Å². The van der Waals surface area contributed by atoms with E-state index in [2.05, 4.69) is 0 Å². The van der Waals surface area contributed by atoms with Crippen molar-refractivity contribution in [1.29, 1.82) is 0 Å². The molecule has 122 valence electrons. The van der Waals surface area contributed by atoms with Gasteiger partial charge in [0.2, 0.25) is 0 Å². The van der Waals surface area contributed by atoms with Gasteiger partial charge in [-0.2, -0.15) is 0 Å². The van der Waals surface area contributed by atoms with Gasteiger partial charge in [-0.05, 0) is 47.0 Å². The molecule has 0 radical (unpaired) electrons. The molecule has 0 nitrogen and oxygen atoms in total. The molecule has 0 aliphatic rings. The Balaban J connectivity index is 2.74. The van der Waals surface area contributed by atoms with E-state index in [-0.39, 0.29) is 39.9 Å². The van der Waals surface area contributed by atoms with Crippen LogP contribution in [-0.2, 0) is 5.41 Å². The highest BCUT2D eigenvalue weighted by Gasteiger charge is 2.23. The van der Waals surface area contributed by atoms with Crippen molar-refractivity contribution in [1.82, 2.24) is 0 Å². The smallest absolute Gasteiger partial charge is 0.0610 e. The highest BCUT2D eigenvalue weighted by atomic mass is 14.3. The van der Waals surface area contributed by atoms with E-state index in [1.807, 2.05) is 0 Å².